The number of halogens is 1. The highest BCUT2D eigenvalue weighted by atomic mass is 79.9. The minimum atomic E-state index is -2.33. The van der Waals surface area contributed by atoms with Crippen LogP contribution in [-0.2, 0) is 13.3 Å². The van der Waals surface area contributed by atoms with E-state index in [2.05, 4.69) is 22.9 Å². The normalized spacial score (nSPS) is 12.0. The maximum absolute atomic E-state index is 5.67. The van der Waals surface area contributed by atoms with Gasteiger partial charge in [0, 0.05) is 32.2 Å². The summed E-state index contributed by atoms with van der Waals surface area (Å²) in [5.41, 5.74) is 0. The standard InChI is InChI=1S/C9H21BrO3Si/c1-4-5-6-9-14(11-2,12-3)13-8-7-10/h4-9H2,1-3H3. The largest absolute Gasteiger partial charge is 0.500 e. The van der Waals surface area contributed by atoms with Crippen LogP contribution in [0.5, 0.6) is 0 Å². The van der Waals surface area contributed by atoms with Gasteiger partial charge in [-0.1, -0.05) is 35.7 Å². The van der Waals surface area contributed by atoms with E-state index in [9.17, 15) is 0 Å². The van der Waals surface area contributed by atoms with Gasteiger partial charge in [0.05, 0.1) is 0 Å². The van der Waals surface area contributed by atoms with E-state index in [0.717, 1.165) is 17.8 Å². The maximum Gasteiger partial charge on any atom is 0.500 e. The molecule has 0 unspecified atom stereocenters. The van der Waals surface area contributed by atoms with Crippen molar-refractivity contribution in [1.29, 1.82) is 0 Å². The smallest absolute Gasteiger partial charge is 0.377 e. The molecule has 0 aliphatic rings. The predicted molar refractivity (Wildman–Crippen MR) is 63.9 cm³/mol. The molecule has 0 aliphatic carbocycles. The molecule has 0 atom stereocenters. The summed E-state index contributed by atoms with van der Waals surface area (Å²) in [7, 11) is 1.02. The van der Waals surface area contributed by atoms with Gasteiger partial charge in [0.2, 0.25) is 0 Å². The fourth-order valence-corrected chi connectivity index (χ4v) is 3.77. The Morgan fingerprint density at radius 2 is 1.79 bits per heavy atom. The van der Waals surface area contributed by atoms with Crippen molar-refractivity contribution in [2.75, 3.05) is 26.2 Å². The average Bonchev–Trinajstić information content (AvgIpc) is 2.24. The topological polar surface area (TPSA) is 27.7 Å². The van der Waals surface area contributed by atoms with Crippen LogP contribution in [0, 0.1) is 0 Å². The molecule has 0 saturated heterocycles. The molecule has 0 radical (unpaired) electrons. The van der Waals surface area contributed by atoms with Crippen molar-refractivity contribution >= 4 is 24.7 Å². The molecule has 0 fully saturated rings. The highest BCUT2D eigenvalue weighted by Gasteiger charge is 2.37. The number of rotatable bonds is 9. The predicted octanol–water partition coefficient (Wildman–Crippen LogP) is 2.82. The molecule has 0 amide bonds. The molecule has 0 aromatic heterocycles. The van der Waals surface area contributed by atoms with Crippen LogP contribution in [0.4, 0.5) is 0 Å². The van der Waals surface area contributed by atoms with Crippen molar-refractivity contribution in [3.8, 4) is 0 Å². The zero-order valence-corrected chi connectivity index (χ0v) is 11.9. The van der Waals surface area contributed by atoms with Crippen molar-refractivity contribution in [1.82, 2.24) is 0 Å². The number of alkyl halides is 1. The third kappa shape index (κ3) is 5.46. The van der Waals surface area contributed by atoms with Crippen molar-refractivity contribution in [3.63, 3.8) is 0 Å². The lowest BCUT2D eigenvalue weighted by molar-refractivity contribution is 0.104. The summed E-state index contributed by atoms with van der Waals surface area (Å²) in [4.78, 5) is 0. The summed E-state index contributed by atoms with van der Waals surface area (Å²) in [5.74, 6) is 0. The summed E-state index contributed by atoms with van der Waals surface area (Å²) in [6, 6.07) is 0.918. The van der Waals surface area contributed by atoms with Gasteiger partial charge in [-0.15, -0.1) is 0 Å². The first-order valence-electron chi connectivity index (χ1n) is 5.05. The molecular formula is C9H21BrO3Si. The van der Waals surface area contributed by atoms with Gasteiger partial charge in [-0.2, -0.15) is 0 Å². The summed E-state index contributed by atoms with van der Waals surface area (Å²) < 4.78 is 16.5. The van der Waals surface area contributed by atoms with Crippen molar-refractivity contribution in [2.24, 2.45) is 0 Å². The van der Waals surface area contributed by atoms with E-state index in [1.807, 2.05) is 0 Å². The fourth-order valence-electron chi connectivity index (χ4n) is 1.26. The van der Waals surface area contributed by atoms with Gasteiger partial charge in [-0.3, -0.25) is 0 Å². The molecule has 3 nitrogen and oxygen atoms in total. The van der Waals surface area contributed by atoms with Crippen LogP contribution in [0.1, 0.15) is 26.2 Å². The van der Waals surface area contributed by atoms with Crippen LogP contribution < -0.4 is 0 Å². The Bertz CT molecular complexity index is 131. The first-order chi connectivity index (χ1) is 6.74. The summed E-state index contributed by atoms with van der Waals surface area (Å²) >= 11 is 3.33. The quantitative estimate of drug-likeness (QED) is 0.370. The average molecular weight is 285 g/mol. The molecular weight excluding hydrogens is 264 g/mol. The van der Waals surface area contributed by atoms with Crippen LogP contribution in [-0.4, -0.2) is 35.0 Å². The maximum atomic E-state index is 5.67. The Balaban J connectivity index is 3.94. The Hall–Kier alpha value is 0.577. The van der Waals surface area contributed by atoms with Gasteiger partial charge >= 0.3 is 8.80 Å². The molecule has 0 aromatic rings. The van der Waals surface area contributed by atoms with Crippen LogP contribution in [0.15, 0.2) is 0 Å². The molecule has 0 N–H and O–H groups in total. The molecule has 0 heterocycles. The summed E-state index contributed by atoms with van der Waals surface area (Å²) in [5, 5.41) is 0.822. The minimum Gasteiger partial charge on any atom is -0.377 e. The first kappa shape index (κ1) is 14.6. The third-order valence-corrected chi connectivity index (χ3v) is 5.29. The lowest BCUT2D eigenvalue weighted by Gasteiger charge is -2.25. The van der Waals surface area contributed by atoms with Gasteiger partial charge < -0.3 is 13.3 Å². The highest BCUT2D eigenvalue weighted by Crippen LogP contribution is 2.18. The van der Waals surface area contributed by atoms with E-state index in [-0.39, 0.29) is 0 Å². The van der Waals surface area contributed by atoms with Gasteiger partial charge in [0.15, 0.2) is 0 Å². The summed E-state index contributed by atoms with van der Waals surface area (Å²) in [6.45, 7) is 2.84. The van der Waals surface area contributed by atoms with Gasteiger partial charge in [-0.05, 0) is 6.42 Å². The molecule has 0 aliphatic heterocycles. The molecule has 0 spiro atoms. The molecule has 0 rings (SSSR count). The van der Waals surface area contributed by atoms with E-state index in [0.29, 0.717) is 6.61 Å². The number of unbranched alkanes of at least 4 members (excludes halogenated alkanes) is 2. The van der Waals surface area contributed by atoms with Gasteiger partial charge in [0.25, 0.3) is 0 Å². The second-order valence-electron chi connectivity index (χ2n) is 3.09. The Labute approximate surface area is 96.6 Å². The van der Waals surface area contributed by atoms with E-state index in [1.165, 1.54) is 12.8 Å². The minimum absolute atomic E-state index is 0.653. The van der Waals surface area contributed by atoms with E-state index in [1.54, 1.807) is 14.2 Å². The lowest BCUT2D eigenvalue weighted by Crippen LogP contribution is -2.44. The SMILES string of the molecule is CCCCC[Si](OC)(OC)OCCBr. The second-order valence-corrected chi connectivity index (χ2v) is 6.85. The van der Waals surface area contributed by atoms with E-state index in [4.69, 9.17) is 13.3 Å². The molecule has 0 bridgehead atoms. The highest BCUT2D eigenvalue weighted by molar-refractivity contribution is 9.09. The second kappa shape index (κ2) is 8.85. The fraction of sp³-hybridized carbons (Fsp3) is 1.00. The Morgan fingerprint density at radius 3 is 2.21 bits per heavy atom. The van der Waals surface area contributed by atoms with Gasteiger partial charge in [0.1, 0.15) is 0 Å². The number of hydrogen-bond donors (Lipinski definition) is 0. The Morgan fingerprint density at radius 1 is 1.14 bits per heavy atom. The van der Waals surface area contributed by atoms with Crippen LogP contribution in [0.2, 0.25) is 6.04 Å². The van der Waals surface area contributed by atoms with E-state index >= 15 is 0 Å². The molecule has 86 valence electrons. The zero-order valence-electron chi connectivity index (χ0n) is 9.35. The van der Waals surface area contributed by atoms with Crippen molar-refractivity contribution in [2.45, 2.75) is 32.2 Å². The third-order valence-electron chi connectivity index (χ3n) is 2.11. The molecule has 5 heteroatoms. The molecule has 14 heavy (non-hydrogen) atoms. The summed E-state index contributed by atoms with van der Waals surface area (Å²) in [6.07, 6.45) is 3.53. The van der Waals surface area contributed by atoms with Gasteiger partial charge in [-0.25, -0.2) is 0 Å². The van der Waals surface area contributed by atoms with Crippen LogP contribution in [0.25, 0.3) is 0 Å². The lowest BCUT2D eigenvalue weighted by atomic mass is 10.3. The first-order valence-corrected chi connectivity index (χ1v) is 8.10. The van der Waals surface area contributed by atoms with Crippen molar-refractivity contribution < 1.29 is 13.3 Å². The van der Waals surface area contributed by atoms with Crippen LogP contribution in [0.3, 0.4) is 0 Å². The number of hydrogen-bond acceptors (Lipinski definition) is 3. The van der Waals surface area contributed by atoms with E-state index < -0.39 is 8.80 Å². The molecule has 0 saturated carbocycles. The monoisotopic (exact) mass is 284 g/mol. The van der Waals surface area contributed by atoms with Crippen molar-refractivity contribution in [3.05, 3.63) is 0 Å². The molecule has 0 aromatic carbocycles. The van der Waals surface area contributed by atoms with Crippen LogP contribution >= 0.6 is 15.9 Å². The Kier molecular flexibility index (Phi) is 9.22. The zero-order chi connectivity index (χ0) is 10.9.